The van der Waals surface area contributed by atoms with Gasteiger partial charge in [-0.2, -0.15) is 0 Å². The monoisotopic (exact) mass is 394 g/mol. The molecule has 2 aliphatic heterocycles. The van der Waals surface area contributed by atoms with Crippen LogP contribution in [-0.4, -0.2) is 67.9 Å². The van der Waals surface area contributed by atoms with Crippen molar-refractivity contribution in [2.24, 2.45) is 11.8 Å². The van der Waals surface area contributed by atoms with Crippen molar-refractivity contribution in [3.05, 3.63) is 0 Å². The number of hydrogen-bond donors (Lipinski definition) is 1. The lowest BCUT2D eigenvalue weighted by molar-refractivity contribution is -0.153. The maximum absolute atomic E-state index is 11.5. The average molecular weight is 395 g/mol. The van der Waals surface area contributed by atoms with Crippen molar-refractivity contribution in [1.82, 2.24) is 10.2 Å². The van der Waals surface area contributed by atoms with Crippen molar-refractivity contribution in [3.63, 3.8) is 0 Å². The summed E-state index contributed by atoms with van der Waals surface area (Å²) in [6.07, 6.45) is -0.368. The Morgan fingerprint density at radius 1 is 0.962 bits per heavy atom. The predicted molar refractivity (Wildman–Crippen MR) is 98.2 cm³/mol. The molecule has 0 spiro atoms. The normalized spacial score (nSPS) is 16.7. The summed E-state index contributed by atoms with van der Waals surface area (Å²) in [5.41, 5.74) is -0.494. The van der Waals surface area contributed by atoms with Crippen LogP contribution in [0.1, 0.15) is 34.6 Å². The fourth-order valence-corrected chi connectivity index (χ4v) is 2.08. The molecule has 1 amide bonds. The second kappa shape index (κ2) is 11.2. The molecule has 0 bridgehead atoms. The van der Waals surface area contributed by atoms with Gasteiger partial charge in [0.05, 0.1) is 25.0 Å². The molecule has 0 radical (unpaired) electrons. The van der Waals surface area contributed by atoms with E-state index < -0.39 is 5.60 Å². The predicted octanol–water partition coefficient (Wildman–Crippen LogP) is 1.61. The van der Waals surface area contributed by atoms with Crippen LogP contribution in [-0.2, 0) is 23.8 Å². The van der Waals surface area contributed by atoms with Gasteiger partial charge in [-0.1, -0.05) is 0 Å². The third-order valence-electron chi connectivity index (χ3n) is 3.55. The number of carbonyl (C=O) groups excluding carboxylic acids is 3. The van der Waals surface area contributed by atoms with Crippen molar-refractivity contribution in [2.45, 2.75) is 40.2 Å². The zero-order valence-corrected chi connectivity index (χ0v) is 17.0. The molecule has 2 saturated heterocycles. The third-order valence-corrected chi connectivity index (χ3v) is 3.55. The molecule has 8 nitrogen and oxygen atoms in total. The van der Waals surface area contributed by atoms with Gasteiger partial charge in [0.1, 0.15) is 5.60 Å². The number of rotatable bonds is 4. The number of amides is 1. The fourth-order valence-electron chi connectivity index (χ4n) is 2.08. The Morgan fingerprint density at radius 2 is 1.42 bits per heavy atom. The minimum atomic E-state index is -0.494. The summed E-state index contributed by atoms with van der Waals surface area (Å²) in [5.74, 6) is -0.351. The van der Waals surface area contributed by atoms with Gasteiger partial charge < -0.3 is 24.4 Å². The lowest BCUT2D eigenvalue weighted by atomic mass is 10.0. The van der Waals surface area contributed by atoms with E-state index in [9.17, 15) is 14.4 Å². The van der Waals surface area contributed by atoms with Crippen LogP contribution in [0.25, 0.3) is 0 Å². The van der Waals surface area contributed by atoms with E-state index in [-0.39, 0.29) is 42.3 Å². The summed E-state index contributed by atoms with van der Waals surface area (Å²) in [5, 5.41) is 3.00. The van der Waals surface area contributed by atoms with Crippen LogP contribution in [0.2, 0.25) is 0 Å². The molecular formula is C17H31ClN2O6. The lowest BCUT2D eigenvalue weighted by Crippen LogP contribution is -2.54. The van der Waals surface area contributed by atoms with Crippen LogP contribution in [0.5, 0.6) is 0 Å². The van der Waals surface area contributed by atoms with Gasteiger partial charge in [-0.05, 0) is 34.6 Å². The molecule has 2 fully saturated rings. The highest BCUT2D eigenvalue weighted by atomic mass is 35.5. The van der Waals surface area contributed by atoms with Gasteiger partial charge in [0, 0.05) is 26.2 Å². The van der Waals surface area contributed by atoms with E-state index in [0.29, 0.717) is 26.3 Å². The first-order chi connectivity index (χ1) is 11.7. The lowest BCUT2D eigenvalue weighted by Gasteiger charge is -2.38. The molecule has 0 aromatic heterocycles. The highest BCUT2D eigenvalue weighted by Crippen LogP contribution is 2.20. The van der Waals surface area contributed by atoms with Crippen molar-refractivity contribution in [2.75, 3.05) is 39.4 Å². The third kappa shape index (κ3) is 8.23. The smallest absolute Gasteiger partial charge is 0.410 e. The standard InChI is InChI=1S/C11H19NO4.C6H11NO2.ClH/c1-5-15-9(13)8-6-12(7-8)10(14)16-11(2,3)4;1-2-9-6(8)5-3-7-4-5;/h8H,5-7H2,1-4H3;5,7H,2-4H2,1H3;1H. The quantitative estimate of drug-likeness (QED) is 0.571. The van der Waals surface area contributed by atoms with Crippen LogP contribution in [0.15, 0.2) is 0 Å². The van der Waals surface area contributed by atoms with E-state index in [1.54, 1.807) is 6.92 Å². The topological polar surface area (TPSA) is 94.2 Å². The molecule has 9 heteroatoms. The Kier molecular flexibility index (Phi) is 10.6. The molecule has 0 aromatic rings. The number of esters is 2. The first-order valence-electron chi connectivity index (χ1n) is 8.69. The Hall–Kier alpha value is -1.54. The van der Waals surface area contributed by atoms with Crippen molar-refractivity contribution < 1.29 is 28.6 Å². The van der Waals surface area contributed by atoms with Gasteiger partial charge in [-0.25, -0.2) is 4.79 Å². The molecule has 0 aromatic carbocycles. The van der Waals surface area contributed by atoms with E-state index in [0.717, 1.165) is 13.1 Å². The molecule has 0 aliphatic carbocycles. The fraction of sp³-hybridized carbons (Fsp3) is 0.824. The summed E-state index contributed by atoms with van der Waals surface area (Å²) in [6, 6.07) is 0. The number of carbonyl (C=O) groups is 3. The van der Waals surface area contributed by atoms with Crippen molar-refractivity contribution in [1.29, 1.82) is 0 Å². The molecule has 1 N–H and O–H groups in total. The second-order valence-electron chi connectivity index (χ2n) is 6.94. The Morgan fingerprint density at radius 3 is 1.77 bits per heavy atom. The van der Waals surface area contributed by atoms with Crippen LogP contribution in [0.4, 0.5) is 4.79 Å². The minimum absolute atomic E-state index is 0. The van der Waals surface area contributed by atoms with Crippen LogP contribution in [0, 0.1) is 11.8 Å². The molecule has 2 aliphatic rings. The van der Waals surface area contributed by atoms with Crippen molar-refractivity contribution in [3.8, 4) is 0 Å². The van der Waals surface area contributed by atoms with E-state index in [1.807, 2.05) is 27.7 Å². The zero-order chi connectivity index (χ0) is 19.0. The summed E-state index contributed by atoms with van der Waals surface area (Å²) in [6.45, 7) is 12.3. The number of nitrogens with one attached hydrogen (secondary N) is 1. The SMILES string of the molecule is CCOC(=O)C1CN(C(=O)OC(C)(C)C)C1.CCOC(=O)C1CNC1.Cl. The summed E-state index contributed by atoms with van der Waals surface area (Å²) in [4.78, 5) is 35.1. The Balaban J connectivity index is 0.000000532. The van der Waals surface area contributed by atoms with Gasteiger partial charge in [-0.3, -0.25) is 9.59 Å². The summed E-state index contributed by atoms with van der Waals surface area (Å²) < 4.78 is 14.8. The molecule has 0 unspecified atom stereocenters. The minimum Gasteiger partial charge on any atom is -0.466 e. The molecule has 2 rings (SSSR count). The van der Waals surface area contributed by atoms with E-state index in [4.69, 9.17) is 14.2 Å². The van der Waals surface area contributed by atoms with Crippen molar-refractivity contribution >= 4 is 30.4 Å². The first kappa shape index (κ1) is 24.5. The highest BCUT2D eigenvalue weighted by molar-refractivity contribution is 5.85. The van der Waals surface area contributed by atoms with Crippen LogP contribution < -0.4 is 5.32 Å². The Labute approximate surface area is 161 Å². The summed E-state index contributed by atoms with van der Waals surface area (Å²) >= 11 is 0. The molecule has 152 valence electrons. The van der Waals surface area contributed by atoms with E-state index in [1.165, 1.54) is 4.90 Å². The molecular weight excluding hydrogens is 364 g/mol. The average Bonchev–Trinajstić information content (AvgIpc) is 2.33. The molecule has 0 saturated carbocycles. The number of likely N-dealkylation sites (tertiary alicyclic amines) is 1. The molecule has 0 atom stereocenters. The Bertz CT molecular complexity index is 470. The number of hydrogen-bond acceptors (Lipinski definition) is 7. The van der Waals surface area contributed by atoms with Gasteiger partial charge >= 0.3 is 18.0 Å². The maximum Gasteiger partial charge on any atom is 0.410 e. The number of nitrogens with zero attached hydrogens (tertiary/aromatic N) is 1. The largest absolute Gasteiger partial charge is 0.466 e. The highest BCUT2D eigenvalue weighted by Gasteiger charge is 2.38. The number of ether oxygens (including phenoxy) is 3. The zero-order valence-electron chi connectivity index (χ0n) is 16.2. The molecule has 2 heterocycles. The van der Waals surface area contributed by atoms with E-state index >= 15 is 0 Å². The summed E-state index contributed by atoms with van der Waals surface area (Å²) in [7, 11) is 0. The first-order valence-corrected chi connectivity index (χ1v) is 8.69. The molecule has 26 heavy (non-hydrogen) atoms. The van der Waals surface area contributed by atoms with Crippen LogP contribution >= 0.6 is 12.4 Å². The van der Waals surface area contributed by atoms with Gasteiger partial charge in [0.2, 0.25) is 0 Å². The van der Waals surface area contributed by atoms with Crippen LogP contribution in [0.3, 0.4) is 0 Å². The maximum atomic E-state index is 11.5. The van der Waals surface area contributed by atoms with Gasteiger partial charge in [0.15, 0.2) is 0 Å². The van der Waals surface area contributed by atoms with Gasteiger partial charge in [-0.15, -0.1) is 12.4 Å². The van der Waals surface area contributed by atoms with Gasteiger partial charge in [0.25, 0.3) is 0 Å². The second-order valence-corrected chi connectivity index (χ2v) is 6.94. The number of halogens is 1. The van der Waals surface area contributed by atoms with E-state index in [2.05, 4.69) is 5.32 Å².